The minimum absolute atomic E-state index is 0.104. The summed E-state index contributed by atoms with van der Waals surface area (Å²) in [7, 11) is -3.91. The topological polar surface area (TPSA) is 116 Å². The van der Waals surface area contributed by atoms with Crippen LogP contribution in [0.1, 0.15) is 0 Å². The fourth-order valence-electron chi connectivity index (χ4n) is 2.69. The predicted octanol–water partition coefficient (Wildman–Crippen LogP) is 3.40. The van der Waals surface area contributed by atoms with E-state index in [0.717, 1.165) is 0 Å². The zero-order chi connectivity index (χ0) is 21.0. The number of carbonyl (C=O) groups excluding carboxylic acids is 1. The van der Waals surface area contributed by atoms with Gasteiger partial charge in [0.2, 0.25) is 15.9 Å². The van der Waals surface area contributed by atoms with Crippen LogP contribution in [-0.4, -0.2) is 20.9 Å². The number of primary amides is 1. The molecule has 0 unspecified atom stereocenters. The molecule has 3 aromatic rings. The first-order valence-corrected chi connectivity index (χ1v) is 10.4. The van der Waals surface area contributed by atoms with Gasteiger partial charge >= 0.3 is 0 Å². The molecule has 0 radical (unpaired) electrons. The summed E-state index contributed by atoms with van der Waals surface area (Å²) in [6.07, 6.45) is 0. The maximum absolute atomic E-state index is 11.7. The van der Waals surface area contributed by atoms with Gasteiger partial charge in [-0.2, -0.15) is 0 Å². The Morgan fingerprint density at radius 3 is 2.28 bits per heavy atom. The highest BCUT2D eigenvalue weighted by Crippen LogP contribution is 2.35. The van der Waals surface area contributed by atoms with Crippen molar-refractivity contribution in [3.63, 3.8) is 0 Å². The van der Waals surface area contributed by atoms with E-state index in [1.807, 2.05) is 30.3 Å². The molecule has 1 amide bonds. The standard InChI is InChI=1S/C20H18ClN3O4S/c21-18-12-17(29(23,26)27)9-10-19(18)24(13-20(22)25)14-5-4-8-16(11-14)28-15-6-2-1-3-7-15/h1-12H,13H2,(H2,22,25)(H2,23,26,27). The Hall–Kier alpha value is -3.07. The second-order valence-corrected chi connectivity index (χ2v) is 8.09. The van der Waals surface area contributed by atoms with Crippen LogP contribution in [-0.2, 0) is 14.8 Å². The van der Waals surface area contributed by atoms with Gasteiger partial charge in [0.05, 0.1) is 15.6 Å². The van der Waals surface area contributed by atoms with Gasteiger partial charge in [-0.15, -0.1) is 0 Å². The van der Waals surface area contributed by atoms with E-state index in [-0.39, 0.29) is 16.5 Å². The van der Waals surface area contributed by atoms with Crippen molar-refractivity contribution in [2.75, 3.05) is 11.4 Å². The summed E-state index contributed by atoms with van der Waals surface area (Å²) >= 11 is 6.29. The number of halogens is 1. The molecular weight excluding hydrogens is 414 g/mol. The normalized spacial score (nSPS) is 11.1. The zero-order valence-corrected chi connectivity index (χ0v) is 16.7. The molecule has 7 nitrogen and oxygen atoms in total. The molecule has 3 aromatic carbocycles. The summed E-state index contributed by atoms with van der Waals surface area (Å²) < 4.78 is 28.9. The number of para-hydroxylation sites is 1. The molecule has 0 aromatic heterocycles. The fraction of sp³-hybridized carbons (Fsp3) is 0.0500. The molecule has 0 aliphatic heterocycles. The van der Waals surface area contributed by atoms with Gasteiger partial charge in [0.1, 0.15) is 18.0 Å². The number of carbonyl (C=O) groups is 1. The molecule has 0 aliphatic carbocycles. The number of sulfonamides is 1. The first kappa shape index (κ1) is 20.7. The first-order valence-electron chi connectivity index (χ1n) is 8.45. The van der Waals surface area contributed by atoms with Gasteiger partial charge in [-0.05, 0) is 42.5 Å². The van der Waals surface area contributed by atoms with Crippen molar-refractivity contribution in [2.24, 2.45) is 10.9 Å². The van der Waals surface area contributed by atoms with Crippen molar-refractivity contribution in [1.82, 2.24) is 0 Å². The number of hydrogen-bond acceptors (Lipinski definition) is 5. The van der Waals surface area contributed by atoms with E-state index in [0.29, 0.717) is 22.9 Å². The summed E-state index contributed by atoms with van der Waals surface area (Å²) in [5.41, 5.74) is 6.39. The minimum Gasteiger partial charge on any atom is -0.457 e. The number of nitrogens with zero attached hydrogens (tertiary/aromatic N) is 1. The molecule has 4 N–H and O–H groups in total. The number of nitrogens with two attached hydrogens (primary N) is 2. The van der Waals surface area contributed by atoms with E-state index in [2.05, 4.69) is 0 Å². The average Bonchev–Trinajstić information content (AvgIpc) is 2.66. The highest BCUT2D eigenvalue weighted by molar-refractivity contribution is 7.89. The Bertz CT molecular complexity index is 1140. The monoisotopic (exact) mass is 431 g/mol. The zero-order valence-electron chi connectivity index (χ0n) is 15.2. The SMILES string of the molecule is NC(=O)CN(c1cccc(Oc2ccccc2)c1)c1ccc(S(N)(=O)=O)cc1Cl. The second kappa shape index (κ2) is 8.52. The maximum atomic E-state index is 11.7. The third-order valence-corrected chi connectivity index (χ3v) is 5.17. The lowest BCUT2D eigenvalue weighted by Gasteiger charge is -2.25. The Morgan fingerprint density at radius 2 is 1.66 bits per heavy atom. The molecule has 0 aliphatic rings. The average molecular weight is 432 g/mol. The van der Waals surface area contributed by atoms with Crippen LogP contribution in [0, 0.1) is 0 Å². The van der Waals surface area contributed by atoms with Gasteiger partial charge in [-0.1, -0.05) is 35.9 Å². The predicted molar refractivity (Wildman–Crippen MR) is 112 cm³/mol. The largest absolute Gasteiger partial charge is 0.457 e. The molecular formula is C20H18ClN3O4S. The van der Waals surface area contributed by atoms with E-state index in [9.17, 15) is 13.2 Å². The van der Waals surface area contributed by atoms with Crippen LogP contribution in [0.2, 0.25) is 5.02 Å². The van der Waals surface area contributed by atoms with Crippen LogP contribution in [0.5, 0.6) is 11.5 Å². The highest BCUT2D eigenvalue weighted by Gasteiger charge is 2.18. The maximum Gasteiger partial charge on any atom is 0.238 e. The summed E-state index contributed by atoms with van der Waals surface area (Å²) in [5.74, 6) is 0.605. The van der Waals surface area contributed by atoms with E-state index < -0.39 is 15.9 Å². The molecule has 0 heterocycles. The number of anilines is 2. The molecule has 3 rings (SSSR count). The summed E-state index contributed by atoms with van der Waals surface area (Å²) in [5, 5.41) is 5.25. The first-order chi connectivity index (χ1) is 13.7. The molecule has 0 saturated carbocycles. The molecule has 29 heavy (non-hydrogen) atoms. The number of primary sulfonamides is 1. The molecule has 150 valence electrons. The van der Waals surface area contributed by atoms with Crippen molar-refractivity contribution in [3.05, 3.63) is 77.8 Å². The van der Waals surface area contributed by atoms with Crippen LogP contribution in [0.3, 0.4) is 0 Å². The number of ether oxygens (including phenoxy) is 1. The Balaban J connectivity index is 2.00. The molecule has 0 saturated heterocycles. The van der Waals surface area contributed by atoms with E-state index in [4.69, 9.17) is 27.2 Å². The van der Waals surface area contributed by atoms with Crippen molar-refractivity contribution in [1.29, 1.82) is 0 Å². The van der Waals surface area contributed by atoms with Crippen molar-refractivity contribution < 1.29 is 17.9 Å². The van der Waals surface area contributed by atoms with E-state index >= 15 is 0 Å². The van der Waals surface area contributed by atoms with Crippen molar-refractivity contribution in [3.8, 4) is 11.5 Å². The Morgan fingerprint density at radius 1 is 0.966 bits per heavy atom. The third-order valence-electron chi connectivity index (χ3n) is 3.96. The fourth-order valence-corrected chi connectivity index (χ4v) is 3.58. The van der Waals surface area contributed by atoms with Crippen molar-refractivity contribution >= 4 is 38.9 Å². The van der Waals surface area contributed by atoms with Gasteiger partial charge in [0.25, 0.3) is 0 Å². The lowest BCUT2D eigenvalue weighted by molar-refractivity contribution is -0.116. The van der Waals surface area contributed by atoms with E-state index in [1.54, 1.807) is 29.2 Å². The van der Waals surface area contributed by atoms with Crippen molar-refractivity contribution in [2.45, 2.75) is 4.90 Å². The smallest absolute Gasteiger partial charge is 0.238 e. The number of benzene rings is 3. The second-order valence-electron chi connectivity index (χ2n) is 6.12. The summed E-state index contributed by atoms with van der Waals surface area (Å²) in [6, 6.07) is 20.2. The van der Waals surface area contributed by atoms with Crippen LogP contribution >= 0.6 is 11.6 Å². The minimum atomic E-state index is -3.91. The summed E-state index contributed by atoms with van der Waals surface area (Å²) in [4.78, 5) is 13.1. The van der Waals surface area contributed by atoms with Crippen LogP contribution in [0.25, 0.3) is 0 Å². The quantitative estimate of drug-likeness (QED) is 0.594. The third kappa shape index (κ3) is 5.26. The van der Waals surface area contributed by atoms with E-state index in [1.165, 1.54) is 18.2 Å². The lowest BCUT2D eigenvalue weighted by atomic mass is 10.2. The Kier molecular flexibility index (Phi) is 6.07. The molecule has 0 bridgehead atoms. The van der Waals surface area contributed by atoms with Crippen LogP contribution in [0.15, 0.2) is 77.7 Å². The van der Waals surface area contributed by atoms with Gasteiger partial charge in [0, 0.05) is 11.8 Å². The number of rotatable bonds is 7. The number of amides is 1. The molecule has 9 heteroatoms. The van der Waals surface area contributed by atoms with Crippen LogP contribution < -0.4 is 20.5 Å². The molecule has 0 fully saturated rings. The lowest BCUT2D eigenvalue weighted by Crippen LogP contribution is -2.30. The van der Waals surface area contributed by atoms with Gasteiger partial charge < -0.3 is 15.4 Å². The van der Waals surface area contributed by atoms with Gasteiger partial charge in [-0.3, -0.25) is 4.79 Å². The van der Waals surface area contributed by atoms with Gasteiger partial charge in [-0.25, -0.2) is 13.6 Å². The van der Waals surface area contributed by atoms with Gasteiger partial charge in [0.15, 0.2) is 0 Å². The molecule has 0 atom stereocenters. The Labute approximate surface area is 173 Å². The number of hydrogen-bond donors (Lipinski definition) is 2. The highest BCUT2D eigenvalue weighted by atomic mass is 35.5. The van der Waals surface area contributed by atoms with Crippen LogP contribution in [0.4, 0.5) is 11.4 Å². The molecule has 0 spiro atoms. The summed E-state index contributed by atoms with van der Waals surface area (Å²) in [6.45, 7) is -0.177.